The molecule has 1 atom stereocenters. The Kier molecular flexibility index (Phi) is 6.16. The molecule has 0 aliphatic heterocycles. The fourth-order valence-corrected chi connectivity index (χ4v) is 7.36. The molecular weight excluding hydrogens is 442 g/mol. The van der Waals surface area contributed by atoms with Gasteiger partial charge in [0, 0.05) is 18.0 Å². The second-order valence-electron chi connectivity index (χ2n) is 9.16. The Morgan fingerprint density at radius 3 is 2.91 bits per heavy atom. The molecule has 1 amide bonds. The van der Waals surface area contributed by atoms with Gasteiger partial charge in [0.15, 0.2) is 5.16 Å². The highest BCUT2D eigenvalue weighted by molar-refractivity contribution is 7.99. The molecule has 1 fully saturated rings. The molecule has 0 aromatic carbocycles. The minimum atomic E-state index is -0.00184. The molecule has 0 bridgehead atoms. The van der Waals surface area contributed by atoms with Crippen LogP contribution in [0.3, 0.4) is 0 Å². The number of amides is 1. The second-order valence-corrected chi connectivity index (χ2v) is 11.2. The average Bonchev–Trinajstić information content (AvgIpc) is 3.52. The van der Waals surface area contributed by atoms with Crippen molar-refractivity contribution in [2.45, 2.75) is 69.6 Å². The number of thioether (sulfide) groups is 1. The molecule has 170 valence electrons. The first kappa shape index (κ1) is 21.8. The van der Waals surface area contributed by atoms with Crippen molar-refractivity contribution < 1.29 is 9.21 Å². The maximum atomic E-state index is 13.7. The molecule has 0 saturated heterocycles. The van der Waals surface area contributed by atoms with Gasteiger partial charge in [-0.1, -0.05) is 31.5 Å². The third-order valence-electron chi connectivity index (χ3n) is 6.74. The number of aromatic nitrogens is 2. The van der Waals surface area contributed by atoms with E-state index in [1.165, 1.54) is 22.2 Å². The van der Waals surface area contributed by atoms with Crippen LogP contribution in [-0.2, 0) is 24.2 Å². The maximum absolute atomic E-state index is 13.7. The predicted molar refractivity (Wildman–Crippen MR) is 128 cm³/mol. The molecule has 8 heteroatoms. The average molecular weight is 472 g/mol. The largest absolute Gasteiger partial charge is 0.467 e. The Bertz CT molecular complexity index is 1180. The molecule has 0 spiro atoms. The number of hydrogen-bond donors (Lipinski definition) is 0. The molecule has 0 N–H and O–H groups in total. The van der Waals surface area contributed by atoms with Crippen LogP contribution in [0, 0.1) is 5.92 Å². The van der Waals surface area contributed by atoms with Crippen LogP contribution in [0.1, 0.15) is 61.3 Å². The fraction of sp³-hybridized carbons (Fsp3) is 0.542. The Balaban J connectivity index is 1.45. The molecule has 5 rings (SSSR count). The Morgan fingerprint density at radius 1 is 1.34 bits per heavy atom. The van der Waals surface area contributed by atoms with Gasteiger partial charge in [-0.05, 0) is 55.7 Å². The lowest BCUT2D eigenvalue weighted by molar-refractivity contribution is -0.127. The van der Waals surface area contributed by atoms with Crippen LogP contribution < -0.4 is 5.56 Å². The molecule has 2 aliphatic rings. The van der Waals surface area contributed by atoms with Crippen molar-refractivity contribution in [1.29, 1.82) is 0 Å². The molecule has 0 unspecified atom stereocenters. The van der Waals surface area contributed by atoms with Crippen molar-refractivity contribution in [3.05, 3.63) is 45.0 Å². The van der Waals surface area contributed by atoms with Crippen LogP contribution in [0.25, 0.3) is 10.2 Å². The van der Waals surface area contributed by atoms with E-state index in [0.717, 1.165) is 60.9 Å². The van der Waals surface area contributed by atoms with E-state index < -0.39 is 0 Å². The van der Waals surface area contributed by atoms with Crippen LogP contribution in [0.2, 0.25) is 0 Å². The first-order chi connectivity index (χ1) is 15.5. The van der Waals surface area contributed by atoms with E-state index in [-0.39, 0.29) is 23.3 Å². The summed E-state index contributed by atoms with van der Waals surface area (Å²) in [6.45, 7) is 2.72. The highest BCUT2D eigenvalue weighted by Crippen LogP contribution is 2.38. The van der Waals surface area contributed by atoms with Crippen molar-refractivity contribution in [1.82, 2.24) is 14.5 Å². The second kappa shape index (κ2) is 9.06. The van der Waals surface area contributed by atoms with Crippen molar-refractivity contribution in [2.75, 3.05) is 12.8 Å². The van der Waals surface area contributed by atoms with Crippen LogP contribution in [-0.4, -0.2) is 33.2 Å². The summed E-state index contributed by atoms with van der Waals surface area (Å²) in [4.78, 5) is 35.3. The Labute approximate surface area is 196 Å². The SMILES string of the molecule is C[C@@H]1CCc2c(sc3nc(SCC(=O)N(C)Cc4ccco4)n(C4CCCC4)c(=O)c23)C1. The van der Waals surface area contributed by atoms with Crippen LogP contribution in [0.4, 0.5) is 0 Å². The molecule has 1 saturated carbocycles. The summed E-state index contributed by atoms with van der Waals surface area (Å²) in [5.41, 5.74) is 1.34. The number of hydrogen-bond acceptors (Lipinski definition) is 6. The zero-order valence-corrected chi connectivity index (χ0v) is 20.3. The third-order valence-corrected chi connectivity index (χ3v) is 8.83. The lowest BCUT2D eigenvalue weighted by Gasteiger charge is -2.20. The van der Waals surface area contributed by atoms with E-state index in [1.54, 1.807) is 29.5 Å². The molecule has 3 heterocycles. The number of aryl methyl sites for hydroxylation is 1. The van der Waals surface area contributed by atoms with Gasteiger partial charge in [0.25, 0.3) is 5.56 Å². The number of rotatable bonds is 6. The quantitative estimate of drug-likeness (QED) is 0.372. The third kappa shape index (κ3) is 4.15. The minimum Gasteiger partial charge on any atom is -0.467 e. The summed E-state index contributed by atoms with van der Waals surface area (Å²) in [5.74, 6) is 1.66. The van der Waals surface area contributed by atoms with E-state index in [1.807, 2.05) is 16.7 Å². The standard InChI is InChI=1S/C24H29N3O3S2/c1-15-9-10-18-19(12-15)32-22-21(18)23(29)27(16-6-3-4-7-16)24(25-22)31-14-20(28)26(2)13-17-8-5-11-30-17/h5,8,11,15-16H,3-4,6-7,9-10,12-14H2,1-2H3/t15-/m1/s1. The van der Waals surface area contributed by atoms with Gasteiger partial charge in [-0.25, -0.2) is 4.98 Å². The highest BCUT2D eigenvalue weighted by atomic mass is 32.2. The van der Waals surface area contributed by atoms with E-state index in [9.17, 15) is 9.59 Å². The van der Waals surface area contributed by atoms with Crippen LogP contribution in [0.15, 0.2) is 32.8 Å². The lowest BCUT2D eigenvalue weighted by atomic mass is 9.89. The molecule has 3 aromatic heterocycles. The number of carbonyl (C=O) groups excluding carboxylic acids is 1. The zero-order chi connectivity index (χ0) is 22.2. The van der Waals surface area contributed by atoms with Gasteiger partial charge in [-0.3, -0.25) is 14.2 Å². The number of fused-ring (bicyclic) bond motifs is 3. The monoisotopic (exact) mass is 471 g/mol. The van der Waals surface area contributed by atoms with Crippen LogP contribution in [0.5, 0.6) is 0 Å². The molecule has 6 nitrogen and oxygen atoms in total. The summed E-state index contributed by atoms with van der Waals surface area (Å²) in [6.07, 6.45) is 9.07. The first-order valence-corrected chi connectivity index (χ1v) is 13.3. The molecular formula is C24H29N3O3S2. The number of furan rings is 1. The predicted octanol–water partition coefficient (Wildman–Crippen LogP) is 5.04. The van der Waals surface area contributed by atoms with Gasteiger partial charge in [0.2, 0.25) is 5.91 Å². The van der Waals surface area contributed by atoms with Crippen LogP contribution >= 0.6 is 23.1 Å². The van der Waals surface area contributed by atoms with Gasteiger partial charge in [0.1, 0.15) is 10.6 Å². The Morgan fingerprint density at radius 2 is 2.16 bits per heavy atom. The summed E-state index contributed by atoms with van der Waals surface area (Å²) in [7, 11) is 1.78. The topological polar surface area (TPSA) is 68.3 Å². The molecule has 2 aliphatic carbocycles. The van der Waals surface area contributed by atoms with Gasteiger partial charge < -0.3 is 9.32 Å². The minimum absolute atomic E-state index is 0.00184. The normalized spacial score (nSPS) is 18.9. The van der Waals surface area contributed by atoms with Crippen molar-refractivity contribution >= 4 is 39.2 Å². The molecule has 32 heavy (non-hydrogen) atoms. The van der Waals surface area contributed by atoms with Crippen molar-refractivity contribution in [3.8, 4) is 0 Å². The summed E-state index contributed by atoms with van der Waals surface area (Å²) < 4.78 is 7.28. The van der Waals surface area contributed by atoms with Crippen molar-refractivity contribution in [2.24, 2.45) is 5.92 Å². The van der Waals surface area contributed by atoms with E-state index in [2.05, 4.69) is 6.92 Å². The molecule has 3 aromatic rings. The maximum Gasteiger partial charge on any atom is 0.263 e. The summed E-state index contributed by atoms with van der Waals surface area (Å²) in [6, 6.07) is 3.88. The van der Waals surface area contributed by atoms with E-state index in [0.29, 0.717) is 17.6 Å². The number of thiophene rings is 1. The summed E-state index contributed by atoms with van der Waals surface area (Å²) >= 11 is 3.08. The number of nitrogens with zero attached hydrogens (tertiary/aromatic N) is 3. The van der Waals surface area contributed by atoms with Crippen molar-refractivity contribution in [3.63, 3.8) is 0 Å². The fourth-order valence-electron chi connectivity index (χ4n) is 4.93. The van der Waals surface area contributed by atoms with Gasteiger partial charge >= 0.3 is 0 Å². The van der Waals surface area contributed by atoms with E-state index >= 15 is 0 Å². The first-order valence-electron chi connectivity index (χ1n) is 11.5. The Hall–Kier alpha value is -2.06. The van der Waals surface area contributed by atoms with Gasteiger partial charge in [-0.15, -0.1) is 11.3 Å². The zero-order valence-electron chi connectivity index (χ0n) is 18.6. The van der Waals surface area contributed by atoms with Gasteiger partial charge in [-0.2, -0.15) is 0 Å². The molecule has 0 radical (unpaired) electrons. The number of carbonyl (C=O) groups is 1. The highest BCUT2D eigenvalue weighted by Gasteiger charge is 2.28. The van der Waals surface area contributed by atoms with Gasteiger partial charge in [0.05, 0.1) is 23.9 Å². The van der Waals surface area contributed by atoms with E-state index in [4.69, 9.17) is 9.40 Å². The smallest absolute Gasteiger partial charge is 0.263 e. The summed E-state index contributed by atoms with van der Waals surface area (Å²) in [5, 5.41) is 1.54. The lowest BCUT2D eigenvalue weighted by Crippen LogP contribution is -2.29.